The van der Waals surface area contributed by atoms with E-state index in [0.29, 0.717) is 39.2 Å². The number of unbranched alkanes of at least 4 members (excludes halogenated alkanes) is 1. The van der Waals surface area contributed by atoms with Crippen LogP contribution in [0.5, 0.6) is 5.75 Å². The maximum absolute atomic E-state index is 13.6. The predicted octanol–water partition coefficient (Wildman–Crippen LogP) is 2.82. The van der Waals surface area contributed by atoms with Gasteiger partial charge in [-0.1, -0.05) is 25.5 Å². The number of carboxylic acids is 1. The van der Waals surface area contributed by atoms with Gasteiger partial charge in [-0.25, -0.2) is 0 Å². The predicted molar refractivity (Wildman–Crippen MR) is 144 cm³/mol. The van der Waals surface area contributed by atoms with E-state index in [1.165, 1.54) is 0 Å². The molecule has 3 heterocycles. The quantitative estimate of drug-likeness (QED) is 0.392. The molecule has 1 N–H and O–H groups in total. The first-order valence-electron chi connectivity index (χ1n) is 14.3. The molecule has 38 heavy (non-hydrogen) atoms. The van der Waals surface area contributed by atoms with Crippen molar-refractivity contribution in [3.8, 4) is 5.75 Å². The number of rotatable bonds is 14. The van der Waals surface area contributed by atoms with Crippen LogP contribution in [0.3, 0.4) is 0 Å². The van der Waals surface area contributed by atoms with Crippen LogP contribution in [0, 0.1) is 5.92 Å². The van der Waals surface area contributed by atoms with E-state index < -0.39 is 11.9 Å². The number of hydrogen-bond acceptors (Lipinski definition) is 7. The Morgan fingerprint density at radius 1 is 1.05 bits per heavy atom. The summed E-state index contributed by atoms with van der Waals surface area (Å²) in [5.41, 5.74) is 2.15. The molecule has 0 unspecified atom stereocenters. The molecule has 4 rings (SSSR count). The minimum absolute atomic E-state index is 0.0858. The zero-order valence-corrected chi connectivity index (χ0v) is 23.3. The summed E-state index contributed by atoms with van der Waals surface area (Å²) in [5.74, 6) is -0.639. The van der Waals surface area contributed by atoms with Crippen LogP contribution in [-0.2, 0) is 25.5 Å². The molecule has 3 atom stereocenters. The smallest absolute Gasteiger partial charge is 0.308 e. The van der Waals surface area contributed by atoms with E-state index in [9.17, 15) is 14.7 Å². The van der Waals surface area contributed by atoms with E-state index >= 15 is 0 Å². The molecule has 0 saturated carbocycles. The maximum atomic E-state index is 13.6. The van der Waals surface area contributed by atoms with Gasteiger partial charge in [-0.3, -0.25) is 14.5 Å². The molecule has 1 amide bonds. The molecule has 9 nitrogen and oxygen atoms in total. The normalized spacial score (nSPS) is 23.6. The van der Waals surface area contributed by atoms with E-state index in [1.807, 2.05) is 31.1 Å². The molecule has 212 valence electrons. The highest BCUT2D eigenvalue weighted by molar-refractivity contribution is 5.79. The monoisotopic (exact) mass is 531 g/mol. The van der Waals surface area contributed by atoms with Crippen molar-refractivity contribution in [1.82, 2.24) is 14.7 Å². The molecule has 0 bridgehead atoms. The summed E-state index contributed by atoms with van der Waals surface area (Å²) in [5, 5.41) is 10.4. The maximum Gasteiger partial charge on any atom is 0.308 e. The Morgan fingerprint density at radius 2 is 1.82 bits per heavy atom. The molecule has 1 aromatic rings. The van der Waals surface area contributed by atoms with Gasteiger partial charge in [0, 0.05) is 38.0 Å². The van der Waals surface area contributed by atoms with Gasteiger partial charge in [0.2, 0.25) is 5.91 Å². The summed E-state index contributed by atoms with van der Waals surface area (Å²) < 4.78 is 17.0. The summed E-state index contributed by atoms with van der Waals surface area (Å²) in [6.07, 6.45) is 4.67. The van der Waals surface area contributed by atoms with Gasteiger partial charge in [-0.05, 0) is 63.5 Å². The number of likely N-dealkylation sites (tertiary alicyclic amines) is 1. The van der Waals surface area contributed by atoms with Crippen LogP contribution in [0.2, 0.25) is 0 Å². The lowest BCUT2D eigenvalue weighted by molar-refractivity contribution is -0.144. The molecule has 0 aliphatic carbocycles. The van der Waals surface area contributed by atoms with Gasteiger partial charge in [0.25, 0.3) is 0 Å². The molecule has 2 saturated heterocycles. The zero-order chi connectivity index (χ0) is 27.1. The second-order valence-electron chi connectivity index (χ2n) is 11.1. The average Bonchev–Trinajstić information content (AvgIpc) is 3.64. The molecule has 0 spiro atoms. The average molecular weight is 532 g/mol. The largest absolute Gasteiger partial charge is 0.493 e. The fraction of sp³-hybridized carbons (Fsp3) is 0.724. The Hall–Kier alpha value is -2.20. The fourth-order valence-electron chi connectivity index (χ4n) is 6.07. The van der Waals surface area contributed by atoms with Crippen LogP contribution in [0.25, 0.3) is 0 Å². The van der Waals surface area contributed by atoms with Crippen molar-refractivity contribution in [2.75, 3.05) is 66.6 Å². The van der Waals surface area contributed by atoms with Gasteiger partial charge in [0.1, 0.15) is 5.75 Å². The Balaban J connectivity index is 1.53. The number of carbonyl (C=O) groups is 2. The van der Waals surface area contributed by atoms with Crippen LogP contribution < -0.4 is 4.74 Å². The number of aliphatic carboxylic acids is 1. The van der Waals surface area contributed by atoms with Gasteiger partial charge < -0.3 is 29.1 Å². The first-order chi connectivity index (χ1) is 18.4. The second-order valence-corrected chi connectivity index (χ2v) is 11.1. The Morgan fingerprint density at radius 3 is 2.53 bits per heavy atom. The molecule has 0 radical (unpaired) electrons. The number of amides is 1. The summed E-state index contributed by atoms with van der Waals surface area (Å²) in [6.45, 7) is 7.09. The van der Waals surface area contributed by atoms with Crippen molar-refractivity contribution in [3.05, 3.63) is 29.3 Å². The molecule has 9 heteroatoms. The first kappa shape index (κ1) is 28.8. The number of benzene rings is 1. The topological polar surface area (TPSA) is 91.8 Å². The molecule has 2 fully saturated rings. The van der Waals surface area contributed by atoms with Crippen molar-refractivity contribution < 1.29 is 28.9 Å². The van der Waals surface area contributed by atoms with E-state index in [0.717, 1.165) is 62.2 Å². The summed E-state index contributed by atoms with van der Waals surface area (Å²) in [4.78, 5) is 32.6. The molecule has 3 aliphatic rings. The van der Waals surface area contributed by atoms with Crippen molar-refractivity contribution in [1.29, 1.82) is 0 Å². The van der Waals surface area contributed by atoms with Crippen LogP contribution in [-0.4, -0.2) is 111 Å². The van der Waals surface area contributed by atoms with Gasteiger partial charge in [0.15, 0.2) is 6.29 Å². The summed E-state index contributed by atoms with van der Waals surface area (Å²) >= 11 is 0. The van der Waals surface area contributed by atoms with Crippen molar-refractivity contribution in [2.24, 2.45) is 5.92 Å². The molecular weight excluding hydrogens is 486 g/mol. The Kier molecular flexibility index (Phi) is 10.4. The van der Waals surface area contributed by atoms with Gasteiger partial charge in [-0.15, -0.1) is 0 Å². The SMILES string of the molecule is CCCCN(CCCN(C)C)C(=O)CN1C[C@H](c2ccc3c(c2)CCO3)[C@@H](C(=O)O)[C@@H]1CCC1OCCO1. The van der Waals surface area contributed by atoms with Gasteiger partial charge in [0.05, 0.1) is 32.3 Å². The lowest BCUT2D eigenvalue weighted by atomic mass is 9.83. The number of carboxylic acid groups (broad SMARTS) is 1. The third-order valence-electron chi connectivity index (χ3n) is 8.07. The van der Waals surface area contributed by atoms with Crippen LogP contribution in [0.15, 0.2) is 18.2 Å². The van der Waals surface area contributed by atoms with E-state index in [4.69, 9.17) is 14.2 Å². The van der Waals surface area contributed by atoms with E-state index in [2.05, 4.69) is 22.8 Å². The highest BCUT2D eigenvalue weighted by Crippen LogP contribution is 2.41. The zero-order valence-electron chi connectivity index (χ0n) is 23.3. The lowest BCUT2D eigenvalue weighted by Crippen LogP contribution is -2.45. The summed E-state index contributed by atoms with van der Waals surface area (Å²) in [7, 11) is 4.09. The third kappa shape index (κ3) is 7.25. The number of nitrogens with zero attached hydrogens (tertiary/aromatic N) is 3. The Bertz CT molecular complexity index is 935. The van der Waals surface area contributed by atoms with Crippen LogP contribution in [0.4, 0.5) is 0 Å². The van der Waals surface area contributed by atoms with Crippen molar-refractivity contribution >= 4 is 11.9 Å². The highest BCUT2D eigenvalue weighted by atomic mass is 16.7. The number of ether oxygens (including phenoxy) is 3. The first-order valence-corrected chi connectivity index (χ1v) is 14.3. The van der Waals surface area contributed by atoms with Gasteiger partial charge >= 0.3 is 5.97 Å². The second kappa shape index (κ2) is 13.7. The molecule has 1 aromatic carbocycles. The summed E-state index contributed by atoms with van der Waals surface area (Å²) in [6, 6.07) is 5.82. The minimum Gasteiger partial charge on any atom is -0.493 e. The fourth-order valence-corrected chi connectivity index (χ4v) is 6.07. The van der Waals surface area contributed by atoms with Crippen LogP contribution >= 0.6 is 0 Å². The lowest BCUT2D eigenvalue weighted by Gasteiger charge is -2.30. The van der Waals surface area contributed by atoms with E-state index in [-0.39, 0.29) is 30.7 Å². The standard InChI is InChI=1S/C29H45N3O6/c1-4-5-13-31(14-6-12-30(2)3)26(33)20-32-19-23(21-7-9-25-22(18-21)11-15-36-25)28(29(34)35)24(32)8-10-27-37-16-17-38-27/h7,9,18,23-24,27-28H,4-6,8,10-17,19-20H2,1-3H3,(H,34,35)/t23-,24+,28-/m1/s1. The number of carbonyl (C=O) groups excluding carboxylic acids is 1. The molecular formula is C29H45N3O6. The van der Waals surface area contributed by atoms with Crippen molar-refractivity contribution in [2.45, 2.75) is 63.7 Å². The van der Waals surface area contributed by atoms with Gasteiger partial charge in [-0.2, -0.15) is 0 Å². The third-order valence-corrected chi connectivity index (χ3v) is 8.07. The molecule has 3 aliphatic heterocycles. The molecule has 0 aromatic heterocycles. The van der Waals surface area contributed by atoms with Crippen molar-refractivity contribution in [3.63, 3.8) is 0 Å². The Labute approximate surface area is 227 Å². The van der Waals surface area contributed by atoms with Crippen LogP contribution in [0.1, 0.15) is 56.1 Å². The number of hydrogen-bond donors (Lipinski definition) is 1. The number of fused-ring (bicyclic) bond motifs is 1. The van der Waals surface area contributed by atoms with E-state index in [1.54, 1.807) is 0 Å². The minimum atomic E-state index is -0.811. The highest BCUT2D eigenvalue weighted by Gasteiger charge is 2.47.